The summed E-state index contributed by atoms with van der Waals surface area (Å²) < 4.78 is 34.8. The number of nitrogens with one attached hydrogen (secondary N) is 1. The van der Waals surface area contributed by atoms with Gasteiger partial charge in [0.05, 0.1) is 18.2 Å². The number of hydrogen-bond donors (Lipinski definition) is 1. The number of carbonyl (C=O) groups is 2. The minimum Gasteiger partial charge on any atom is -0.466 e. The number of ether oxygens (including phenoxy) is 1. The Kier molecular flexibility index (Phi) is 6.88. The van der Waals surface area contributed by atoms with Gasteiger partial charge in [0.25, 0.3) is 5.91 Å². The van der Waals surface area contributed by atoms with Gasteiger partial charge in [-0.05, 0) is 43.0 Å². The molecule has 1 aliphatic rings. The van der Waals surface area contributed by atoms with Gasteiger partial charge >= 0.3 is 16.1 Å². The first-order chi connectivity index (χ1) is 14.8. The Bertz CT molecular complexity index is 1200. The van der Waals surface area contributed by atoms with E-state index in [-0.39, 0.29) is 20.7 Å². The topological polar surface area (TPSA) is 123 Å². The lowest BCUT2D eigenvalue weighted by atomic mass is 10.2. The molecule has 11 heteroatoms. The van der Waals surface area contributed by atoms with E-state index in [1.54, 1.807) is 30.3 Å². The van der Waals surface area contributed by atoms with E-state index in [1.807, 2.05) is 6.92 Å². The fourth-order valence-electron chi connectivity index (χ4n) is 2.32. The molecule has 1 N–H and O–H groups in total. The smallest absolute Gasteiger partial charge is 0.339 e. The summed E-state index contributed by atoms with van der Waals surface area (Å²) in [5.41, 5.74) is 1.29. The number of rotatable bonds is 6. The molecular formula is C20H17N3O6S2. The first kappa shape index (κ1) is 22.2. The molecule has 2 aromatic carbocycles. The average Bonchev–Trinajstić information content (AvgIpc) is 3.08. The van der Waals surface area contributed by atoms with Crippen molar-refractivity contribution in [2.75, 3.05) is 7.11 Å². The molecule has 0 radical (unpaired) electrons. The Labute approximate surface area is 183 Å². The molecule has 3 rings (SSSR count). The van der Waals surface area contributed by atoms with Gasteiger partial charge in [0.1, 0.15) is 4.90 Å². The number of hydrogen-bond acceptors (Lipinski definition) is 9. The third kappa shape index (κ3) is 5.80. The zero-order chi connectivity index (χ0) is 22.4. The second kappa shape index (κ2) is 9.58. The fourth-order valence-corrected chi connectivity index (χ4v) is 4.01. The monoisotopic (exact) mass is 459 g/mol. The van der Waals surface area contributed by atoms with Crippen molar-refractivity contribution in [2.45, 2.75) is 11.8 Å². The summed E-state index contributed by atoms with van der Waals surface area (Å²) in [6.07, 6.45) is 2.34. The van der Waals surface area contributed by atoms with Crippen molar-refractivity contribution in [3.8, 4) is 5.75 Å². The lowest BCUT2D eigenvalue weighted by molar-refractivity contribution is -0.135. The van der Waals surface area contributed by atoms with Crippen LogP contribution in [0.15, 0.2) is 74.6 Å². The van der Waals surface area contributed by atoms with E-state index in [2.05, 4.69) is 20.3 Å². The van der Waals surface area contributed by atoms with Gasteiger partial charge in [-0.3, -0.25) is 10.1 Å². The zero-order valence-corrected chi connectivity index (χ0v) is 18.1. The summed E-state index contributed by atoms with van der Waals surface area (Å²) in [5, 5.41) is 10.4. The highest BCUT2D eigenvalue weighted by Crippen LogP contribution is 2.24. The minimum absolute atomic E-state index is 0.0278. The maximum Gasteiger partial charge on any atom is 0.339 e. The molecule has 1 amide bonds. The molecule has 160 valence electrons. The Morgan fingerprint density at radius 1 is 1.13 bits per heavy atom. The number of amidine groups is 1. The van der Waals surface area contributed by atoms with Crippen molar-refractivity contribution in [3.63, 3.8) is 0 Å². The maximum absolute atomic E-state index is 12.5. The average molecular weight is 460 g/mol. The highest BCUT2D eigenvalue weighted by atomic mass is 32.2. The highest BCUT2D eigenvalue weighted by Gasteiger charge is 2.25. The number of aryl methyl sites for hydroxylation is 1. The number of amides is 1. The van der Waals surface area contributed by atoms with Crippen molar-refractivity contribution >= 4 is 45.1 Å². The molecule has 0 saturated carbocycles. The van der Waals surface area contributed by atoms with Crippen LogP contribution in [0.2, 0.25) is 0 Å². The van der Waals surface area contributed by atoms with Crippen LogP contribution in [0, 0.1) is 6.92 Å². The molecule has 1 fully saturated rings. The van der Waals surface area contributed by atoms with Gasteiger partial charge in [0, 0.05) is 11.6 Å². The lowest BCUT2D eigenvalue weighted by Crippen LogP contribution is -2.19. The number of carbonyl (C=O) groups excluding carboxylic acids is 2. The number of nitrogens with zero attached hydrogens (tertiary/aromatic N) is 2. The maximum atomic E-state index is 12.5. The summed E-state index contributed by atoms with van der Waals surface area (Å²) in [6, 6.07) is 12.7. The first-order valence-corrected chi connectivity index (χ1v) is 11.0. The summed E-state index contributed by atoms with van der Waals surface area (Å²) >= 11 is 0.919. The summed E-state index contributed by atoms with van der Waals surface area (Å²) in [4.78, 5) is 23.2. The molecule has 9 nitrogen and oxygen atoms in total. The third-order valence-electron chi connectivity index (χ3n) is 3.87. The van der Waals surface area contributed by atoms with Crippen LogP contribution in [0.5, 0.6) is 5.75 Å². The Balaban J connectivity index is 1.77. The first-order valence-electron chi connectivity index (χ1n) is 8.78. The molecule has 0 bridgehead atoms. The Hall–Kier alpha value is -3.44. The second-order valence-electron chi connectivity index (χ2n) is 6.13. The molecular weight excluding hydrogens is 442 g/mol. The van der Waals surface area contributed by atoms with Crippen LogP contribution in [0.4, 0.5) is 0 Å². The van der Waals surface area contributed by atoms with Crippen LogP contribution in [-0.4, -0.2) is 38.8 Å². The van der Waals surface area contributed by atoms with Gasteiger partial charge in [-0.15, -0.1) is 5.10 Å². The van der Waals surface area contributed by atoms with Gasteiger partial charge in [-0.25, -0.2) is 4.79 Å². The molecule has 0 atom stereocenters. The molecule has 31 heavy (non-hydrogen) atoms. The van der Waals surface area contributed by atoms with Crippen LogP contribution in [0.1, 0.15) is 11.1 Å². The van der Waals surface area contributed by atoms with Crippen LogP contribution < -0.4 is 9.50 Å². The Morgan fingerprint density at radius 2 is 1.84 bits per heavy atom. The van der Waals surface area contributed by atoms with E-state index >= 15 is 0 Å². The standard InChI is InChI=1S/C20H17N3O6S2/c1-13-7-9-15(10-8-13)31(26,27)29-16-6-4-3-5-14(16)12-21-23-20-22-19(25)17(30-20)11-18(24)28-2/h3-12H,1-2H3,(H,22,23,25)/b17-11+,21-12?. The number of esters is 1. The van der Waals surface area contributed by atoms with Crippen molar-refractivity contribution in [1.29, 1.82) is 0 Å². The van der Waals surface area contributed by atoms with E-state index < -0.39 is 22.0 Å². The van der Waals surface area contributed by atoms with Crippen molar-refractivity contribution in [1.82, 2.24) is 5.32 Å². The fraction of sp³-hybridized carbons (Fsp3) is 0.100. The van der Waals surface area contributed by atoms with Crippen molar-refractivity contribution in [2.24, 2.45) is 10.2 Å². The molecule has 0 aromatic heterocycles. The zero-order valence-electron chi connectivity index (χ0n) is 16.4. The van der Waals surface area contributed by atoms with Crippen LogP contribution >= 0.6 is 11.8 Å². The van der Waals surface area contributed by atoms with E-state index in [0.717, 1.165) is 23.4 Å². The van der Waals surface area contributed by atoms with Crippen molar-refractivity contribution < 1.29 is 26.9 Å². The third-order valence-corrected chi connectivity index (χ3v) is 6.02. The van der Waals surface area contributed by atoms with Crippen molar-refractivity contribution in [3.05, 3.63) is 70.6 Å². The van der Waals surface area contributed by atoms with Crippen LogP contribution in [-0.2, 0) is 24.4 Å². The van der Waals surface area contributed by atoms with Gasteiger partial charge in [0.15, 0.2) is 10.9 Å². The predicted octanol–water partition coefficient (Wildman–Crippen LogP) is 2.37. The van der Waals surface area contributed by atoms with E-state index in [0.29, 0.717) is 5.56 Å². The number of para-hydroxylation sites is 1. The molecule has 2 aromatic rings. The van der Waals surface area contributed by atoms with Crippen LogP contribution in [0.3, 0.4) is 0 Å². The predicted molar refractivity (Wildman–Crippen MR) is 116 cm³/mol. The number of benzene rings is 2. The van der Waals surface area contributed by atoms with Gasteiger partial charge < -0.3 is 8.92 Å². The highest BCUT2D eigenvalue weighted by molar-refractivity contribution is 8.18. The van der Waals surface area contributed by atoms with Gasteiger partial charge in [-0.1, -0.05) is 29.8 Å². The quantitative estimate of drug-likeness (QED) is 0.231. The molecule has 0 spiro atoms. The van der Waals surface area contributed by atoms with Gasteiger partial charge in [0.2, 0.25) is 0 Å². The summed E-state index contributed by atoms with van der Waals surface area (Å²) in [6.45, 7) is 1.85. The molecule has 0 unspecified atom stereocenters. The minimum atomic E-state index is -4.03. The van der Waals surface area contributed by atoms with Gasteiger partial charge in [-0.2, -0.15) is 13.5 Å². The summed E-state index contributed by atoms with van der Waals surface area (Å²) in [5.74, 6) is -1.10. The second-order valence-corrected chi connectivity index (χ2v) is 8.70. The number of methoxy groups -OCH3 is 1. The molecule has 1 aliphatic heterocycles. The number of thioether (sulfide) groups is 1. The van der Waals surface area contributed by atoms with E-state index in [4.69, 9.17) is 4.18 Å². The Morgan fingerprint density at radius 3 is 2.55 bits per heavy atom. The van der Waals surface area contributed by atoms with E-state index in [1.165, 1.54) is 31.5 Å². The molecule has 1 heterocycles. The van der Waals surface area contributed by atoms with Crippen LogP contribution in [0.25, 0.3) is 0 Å². The SMILES string of the molecule is COC(=O)/C=C1/S/C(=N\N=Cc2ccccc2OS(=O)(=O)c2ccc(C)cc2)NC1=O. The normalized spacial score (nSPS) is 16.6. The summed E-state index contributed by atoms with van der Waals surface area (Å²) in [7, 11) is -2.83. The van der Waals surface area contributed by atoms with E-state index in [9.17, 15) is 18.0 Å². The lowest BCUT2D eigenvalue weighted by Gasteiger charge is -2.09. The largest absolute Gasteiger partial charge is 0.466 e. The molecule has 0 aliphatic carbocycles. The molecule has 1 saturated heterocycles.